The molecule has 2 rings (SSSR count). The van der Waals surface area contributed by atoms with Crippen molar-refractivity contribution in [3.05, 3.63) is 29.8 Å². The van der Waals surface area contributed by atoms with E-state index in [1.165, 1.54) is 24.8 Å². The number of likely N-dealkylation sites (N-methyl/N-ethyl adjacent to an activating group) is 1. The summed E-state index contributed by atoms with van der Waals surface area (Å²) in [6.45, 7) is 8.21. The van der Waals surface area contributed by atoms with Gasteiger partial charge in [0.15, 0.2) is 0 Å². The molecule has 0 heterocycles. The van der Waals surface area contributed by atoms with Gasteiger partial charge in [0.05, 0.1) is 0 Å². The van der Waals surface area contributed by atoms with Crippen LogP contribution in [0.3, 0.4) is 0 Å². The van der Waals surface area contributed by atoms with Crippen LogP contribution in [-0.4, -0.2) is 37.7 Å². The number of ether oxygens (including phenoxy) is 1. The first-order valence-corrected chi connectivity index (χ1v) is 8.28. The van der Waals surface area contributed by atoms with Crippen molar-refractivity contribution >= 4 is 0 Å². The molecule has 0 atom stereocenters. The van der Waals surface area contributed by atoms with Crippen LogP contribution in [-0.2, 0) is 6.54 Å². The quantitative estimate of drug-likeness (QED) is 0.755. The van der Waals surface area contributed by atoms with E-state index in [1.54, 1.807) is 0 Å². The van der Waals surface area contributed by atoms with Gasteiger partial charge in [-0.25, -0.2) is 0 Å². The molecule has 21 heavy (non-hydrogen) atoms. The number of rotatable bonds is 9. The average molecular weight is 290 g/mol. The Kier molecular flexibility index (Phi) is 6.52. The predicted molar refractivity (Wildman–Crippen MR) is 88.8 cm³/mol. The molecule has 3 heteroatoms. The molecule has 1 aliphatic carbocycles. The van der Waals surface area contributed by atoms with Gasteiger partial charge >= 0.3 is 0 Å². The highest BCUT2D eigenvalue weighted by atomic mass is 16.5. The molecule has 0 aliphatic heterocycles. The Morgan fingerprint density at radius 1 is 1.33 bits per heavy atom. The van der Waals surface area contributed by atoms with E-state index in [9.17, 15) is 0 Å². The minimum absolute atomic E-state index is 0.687. The van der Waals surface area contributed by atoms with Crippen LogP contribution in [0.25, 0.3) is 0 Å². The van der Waals surface area contributed by atoms with Crippen molar-refractivity contribution in [2.75, 3.05) is 26.7 Å². The van der Waals surface area contributed by atoms with Crippen molar-refractivity contribution in [3.8, 4) is 5.75 Å². The molecule has 1 aromatic rings. The summed E-state index contributed by atoms with van der Waals surface area (Å²) in [5, 5.41) is 3.47. The molecule has 3 nitrogen and oxygen atoms in total. The largest absolute Gasteiger partial charge is 0.492 e. The Hall–Kier alpha value is -1.06. The van der Waals surface area contributed by atoms with Crippen LogP contribution in [0.4, 0.5) is 0 Å². The Labute approximate surface area is 129 Å². The Bertz CT molecular complexity index is 415. The van der Waals surface area contributed by atoms with Gasteiger partial charge < -0.3 is 15.0 Å². The van der Waals surface area contributed by atoms with E-state index >= 15 is 0 Å². The van der Waals surface area contributed by atoms with Gasteiger partial charge in [0.1, 0.15) is 12.4 Å². The van der Waals surface area contributed by atoms with E-state index in [0.29, 0.717) is 5.92 Å². The van der Waals surface area contributed by atoms with Crippen LogP contribution in [0.5, 0.6) is 5.75 Å². The number of hydrogen-bond acceptors (Lipinski definition) is 3. The lowest BCUT2D eigenvalue weighted by molar-refractivity contribution is 0.135. The van der Waals surface area contributed by atoms with Crippen LogP contribution < -0.4 is 10.1 Å². The molecule has 0 saturated heterocycles. The molecule has 0 amide bonds. The fourth-order valence-electron chi connectivity index (χ4n) is 2.57. The van der Waals surface area contributed by atoms with Gasteiger partial charge in [0.25, 0.3) is 0 Å². The Balaban J connectivity index is 1.70. The summed E-state index contributed by atoms with van der Waals surface area (Å²) in [4.78, 5) is 2.43. The van der Waals surface area contributed by atoms with Gasteiger partial charge in [0.2, 0.25) is 0 Å². The second-order valence-corrected chi connectivity index (χ2v) is 6.59. The summed E-state index contributed by atoms with van der Waals surface area (Å²) in [6.07, 6.45) is 4.10. The summed E-state index contributed by atoms with van der Waals surface area (Å²) in [5.74, 6) is 1.67. The smallest absolute Gasteiger partial charge is 0.119 e. The van der Waals surface area contributed by atoms with Crippen LogP contribution >= 0.6 is 0 Å². The maximum absolute atomic E-state index is 5.89. The van der Waals surface area contributed by atoms with Gasteiger partial charge in [-0.15, -0.1) is 0 Å². The lowest BCUT2D eigenvalue weighted by Crippen LogP contribution is -2.39. The van der Waals surface area contributed by atoms with Crippen LogP contribution in [0.15, 0.2) is 24.3 Å². The zero-order valence-electron chi connectivity index (χ0n) is 13.8. The summed E-state index contributed by atoms with van der Waals surface area (Å²) in [5.41, 5.74) is 1.29. The minimum Gasteiger partial charge on any atom is -0.492 e. The van der Waals surface area contributed by atoms with Crippen molar-refractivity contribution < 1.29 is 4.74 Å². The van der Waals surface area contributed by atoms with E-state index in [4.69, 9.17) is 4.74 Å². The zero-order valence-corrected chi connectivity index (χ0v) is 13.8. The molecular formula is C18H30N2O. The summed E-state index contributed by atoms with van der Waals surface area (Å²) in [7, 11) is 2.21. The second kappa shape index (κ2) is 8.40. The molecule has 0 radical (unpaired) electrons. The van der Waals surface area contributed by atoms with Crippen LogP contribution in [0, 0.1) is 5.92 Å². The maximum Gasteiger partial charge on any atom is 0.119 e. The van der Waals surface area contributed by atoms with E-state index < -0.39 is 0 Å². The molecule has 0 aromatic heterocycles. The van der Waals surface area contributed by atoms with Gasteiger partial charge in [-0.05, 0) is 50.0 Å². The fraction of sp³-hybridized carbons (Fsp3) is 0.667. The van der Waals surface area contributed by atoms with E-state index in [2.05, 4.69) is 55.4 Å². The lowest BCUT2D eigenvalue weighted by Gasteiger charge is -2.34. The van der Waals surface area contributed by atoms with E-state index in [1.807, 2.05) is 0 Å². The second-order valence-electron chi connectivity index (χ2n) is 6.59. The lowest BCUT2D eigenvalue weighted by atomic mass is 9.92. The Morgan fingerprint density at radius 3 is 2.81 bits per heavy atom. The number of nitrogens with zero attached hydrogens (tertiary/aromatic N) is 1. The maximum atomic E-state index is 5.89. The zero-order chi connectivity index (χ0) is 15.1. The third kappa shape index (κ3) is 5.68. The first kappa shape index (κ1) is 16.3. The highest BCUT2D eigenvalue weighted by Crippen LogP contribution is 2.23. The van der Waals surface area contributed by atoms with Gasteiger partial charge in [-0.1, -0.05) is 32.4 Å². The van der Waals surface area contributed by atoms with E-state index in [0.717, 1.165) is 38.0 Å². The molecular weight excluding hydrogens is 260 g/mol. The molecule has 1 aliphatic rings. The number of benzene rings is 1. The molecule has 1 aromatic carbocycles. The van der Waals surface area contributed by atoms with Crippen molar-refractivity contribution in [1.29, 1.82) is 0 Å². The number of nitrogens with one attached hydrogen (secondary N) is 1. The van der Waals surface area contributed by atoms with Crippen LogP contribution in [0.2, 0.25) is 0 Å². The first-order valence-electron chi connectivity index (χ1n) is 8.28. The van der Waals surface area contributed by atoms with Crippen LogP contribution in [0.1, 0.15) is 38.7 Å². The third-order valence-electron chi connectivity index (χ3n) is 4.19. The molecule has 0 unspecified atom stereocenters. The molecule has 1 N–H and O–H groups in total. The standard InChI is InChI=1S/C18H30N2O/c1-15(2)13-19-14-16-6-4-9-18(12-16)21-11-10-20(3)17-7-5-8-17/h4,6,9,12,15,17,19H,5,7-8,10-11,13-14H2,1-3H3. The predicted octanol–water partition coefficient (Wildman–Crippen LogP) is 3.30. The van der Waals surface area contributed by atoms with E-state index in [-0.39, 0.29) is 0 Å². The summed E-state index contributed by atoms with van der Waals surface area (Å²) in [6, 6.07) is 9.23. The minimum atomic E-state index is 0.687. The average Bonchev–Trinajstić information content (AvgIpc) is 2.36. The topological polar surface area (TPSA) is 24.5 Å². The molecule has 1 fully saturated rings. The molecule has 0 bridgehead atoms. The monoisotopic (exact) mass is 290 g/mol. The fourth-order valence-corrected chi connectivity index (χ4v) is 2.57. The summed E-state index contributed by atoms with van der Waals surface area (Å²) >= 11 is 0. The first-order chi connectivity index (χ1) is 10.1. The van der Waals surface area contributed by atoms with Gasteiger partial charge in [-0.2, -0.15) is 0 Å². The van der Waals surface area contributed by atoms with Crippen molar-refractivity contribution in [1.82, 2.24) is 10.2 Å². The van der Waals surface area contributed by atoms with Gasteiger partial charge in [0, 0.05) is 19.1 Å². The SMILES string of the molecule is CC(C)CNCc1cccc(OCCN(C)C2CCC2)c1. The van der Waals surface area contributed by atoms with Crippen molar-refractivity contribution in [2.45, 2.75) is 45.7 Å². The molecule has 0 spiro atoms. The Morgan fingerprint density at radius 2 is 2.14 bits per heavy atom. The normalized spacial score (nSPS) is 15.5. The third-order valence-corrected chi connectivity index (χ3v) is 4.19. The summed E-state index contributed by atoms with van der Waals surface area (Å²) < 4.78 is 5.89. The molecule has 1 saturated carbocycles. The van der Waals surface area contributed by atoms with Gasteiger partial charge in [-0.3, -0.25) is 0 Å². The highest BCUT2D eigenvalue weighted by Gasteiger charge is 2.21. The molecule has 118 valence electrons. The highest BCUT2D eigenvalue weighted by molar-refractivity contribution is 5.28. The van der Waals surface area contributed by atoms with Crippen molar-refractivity contribution in [2.24, 2.45) is 5.92 Å². The van der Waals surface area contributed by atoms with Crippen molar-refractivity contribution in [3.63, 3.8) is 0 Å². The number of hydrogen-bond donors (Lipinski definition) is 1.